The van der Waals surface area contributed by atoms with Crippen LogP contribution in [0.1, 0.15) is 25.8 Å². The number of ether oxygens (including phenoxy) is 2. The molecular formula is C19H25FN2O6. The highest BCUT2D eigenvalue weighted by Crippen LogP contribution is 2.13. The molecule has 0 heterocycles. The average molecular weight is 396 g/mol. The SMILES string of the molecule is COC(=O)C[C@H](C)[C@H](NC(=O)[C@@H](Cc1ccccc1F)NC(C)=O)C(=O)OC. The first-order valence-electron chi connectivity index (χ1n) is 8.65. The lowest BCUT2D eigenvalue weighted by molar-refractivity contribution is -0.148. The van der Waals surface area contributed by atoms with Crippen LogP contribution in [0.2, 0.25) is 0 Å². The first-order valence-corrected chi connectivity index (χ1v) is 8.65. The third-order valence-electron chi connectivity index (χ3n) is 4.11. The maximum atomic E-state index is 13.9. The molecule has 8 nitrogen and oxygen atoms in total. The zero-order valence-corrected chi connectivity index (χ0v) is 16.3. The molecule has 2 N–H and O–H groups in total. The van der Waals surface area contributed by atoms with Crippen LogP contribution < -0.4 is 10.6 Å². The highest BCUT2D eigenvalue weighted by molar-refractivity contribution is 5.90. The zero-order valence-electron chi connectivity index (χ0n) is 16.3. The molecule has 0 aliphatic rings. The summed E-state index contributed by atoms with van der Waals surface area (Å²) in [5.74, 6) is -3.65. The Hall–Kier alpha value is -2.97. The minimum absolute atomic E-state index is 0.114. The van der Waals surface area contributed by atoms with Crippen molar-refractivity contribution in [3.8, 4) is 0 Å². The van der Waals surface area contributed by atoms with Crippen LogP contribution in [0.3, 0.4) is 0 Å². The molecule has 0 fully saturated rings. The van der Waals surface area contributed by atoms with Gasteiger partial charge in [-0.1, -0.05) is 25.1 Å². The molecule has 0 aromatic heterocycles. The van der Waals surface area contributed by atoms with Crippen LogP contribution in [-0.2, 0) is 35.1 Å². The van der Waals surface area contributed by atoms with Gasteiger partial charge in [-0.25, -0.2) is 9.18 Å². The maximum Gasteiger partial charge on any atom is 0.328 e. The van der Waals surface area contributed by atoms with Gasteiger partial charge >= 0.3 is 11.9 Å². The fourth-order valence-electron chi connectivity index (χ4n) is 2.62. The van der Waals surface area contributed by atoms with Crippen molar-refractivity contribution < 1.29 is 33.0 Å². The van der Waals surface area contributed by atoms with Crippen LogP contribution in [-0.4, -0.2) is 50.1 Å². The lowest BCUT2D eigenvalue weighted by Crippen LogP contribution is -2.54. The van der Waals surface area contributed by atoms with Gasteiger partial charge in [0, 0.05) is 13.3 Å². The second-order valence-electron chi connectivity index (χ2n) is 6.32. The quantitative estimate of drug-likeness (QED) is 0.596. The average Bonchev–Trinajstić information content (AvgIpc) is 2.65. The molecule has 0 saturated heterocycles. The van der Waals surface area contributed by atoms with Gasteiger partial charge in [0.05, 0.1) is 20.6 Å². The molecule has 0 aliphatic heterocycles. The van der Waals surface area contributed by atoms with E-state index in [-0.39, 0.29) is 18.4 Å². The highest BCUT2D eigenvalue weighted by Gasteiger charge is 2.32. The fraction of sp³-hybridized carbons (Fsp3) is 0.474. The number of carbonyl (C=O) groups excluding carboxylic acids is 4. The first kappa shape index (κ1) is 23.1. The monoisotopic (exact) mass is 396 g/mol. The lowest BCUT2D eigenvalue weighted by atomic mass is 9.97. The van der Waals surface area contributed by atoms with Crippen molar-refractivity contribution in [1.82, 2.24) is 10.6 Å². The molecule has 3 atom stereocenters. The number of hydrogen-bond acceptors (Lipinski definition) is 6. The van der Waals surface area contributed by atoms with Gasteiger partial charge < -0.3 is 20.1 Å². The molecule has 0 aliphatic carbocycles. The van der Waals surface area contributed by atoms with Crippen LogP contribution in [0, 0.1) is 11.7 Å². The molecule has 1 rings (SSSR count). The van der Waals surface area contributed by atoms with Gasteiger partial charge in [0.25, 0.3) is 0 Å². The summed E-state index contributed by atoms with van der Waals surface area (Å²) in [6.45, 7) is 2.79. The molecule has 0 bridgehead atoms. The van der Waals surface area contributed by atoms with Crippen LogP contribution in [0.15, 0.2) is 24.3 Å². The maximum absolute atomic E-state index is 13.9. The number of amides is 2. The van der Waals surface area contributed by atoms with Crippen LogP contribution in [0.25, 0.3) is 0 Å². The normalized spacial score (nSPS) is 13.6. The van der Waals surface area contributed by atoms with Gasteiger partial charge in [-0.3, -0.25) is 14.4 Å². The van der Waals surface area contributed by atoms with Crippen molar-refractivity contribution in [2.75, 3.05) is 14.2 Å². The van der Waals surface area contributed by atoms with Gasteiger partial charge in [0.15, 0.2) is 0 Å². The van der Waals surface area contributed by atoms with Crippen molar-refractivity contribution >= 4 is 23.8 Å². The Balaban J connectivity index is 3.00. The van der Waals surface area contributed by atoms with Crippen molar-refractivity contribution in [2.45, 2.75) is 38.8 Å². The molecule has 1 aromatic carbocycles. The minimum Gasteiger partial charge on any atom is -0.469 e. The fourth-order valence-corrected chi connectivity index (χ4v) is 2.62. The Bertz CT molecular complexity index is 724. The molecule has 2 amide bonds. The largest absolute Gasteiger partial charge is 0.469 e. The summed E-state index contributed by atoms with van der Waals surface area (Å²) in [6.07, 6.45) is -0.244. The van der Waals surface area contributed by atoms with Gasteiger partial charge in [-0.05, 0) is 17.5 Å². The third kappa shape index (κ3) is 6.98. The second kappa shape index (κ2) is 11.0. The second-order valence-corrected chi connectivity index (χ2v) is 6.32. The Labute approximate surface area is 162 Å². The number of methoxy groups -OCH3 is 2. The molecule has 0 spiro atoms. The zero-order chi connectivity index (χ0) is 21.3. The van der Waals surface area contributed by atoms with E-state index in [0.717, 1.165) is 7.11 Å². The Kier molecular flexibility index (Phi) is 9.07. The molecule has 28 heavy (non-hydrogen) atoms. The van der Waals surface area contributed by atoms with Crippen LogP contribution >= 0.6 is 0 Å². The molecule has 154 valence electrons. The Morgan fingerprint density at radius 3 is 2.25 bits per heavy atom. The molecule has 0 radical (unpaired) electrons. The number of hydrogen-bond donors (Lipinski definition) is 2. The summed E-state index contributed by atoms with van der Waals surface area (Å²) in [6, 6.07) is 3.59. The Morgan fingerprint density at radius 1 is 1.07 bits per heavy atom. The predicted molar refractivity (Wildman–Crippen MR) is 97.5 cm³/mol. The summed E-state index contributed by atoms with van der Waals surface area (Å²) in [4.78, 5) is 47.8. The van der Waals surface area contributed by atoms with E-state index in [9.17, 15) is 23.6 Å². The van der Waals surface area contributed by atoms with Crippen molar-refractivity contribution in [1.29, 1.82) is 0 Å². The van der Waals surface area contributed by atoms with Crippen molar-refractivity contribution in [3.05, 3.63) is 35.6 Å². The van der Waals surface area contributed by atoms with E-state index >= 15 is 0 Å². The van der Waals surface area contributed by atoms with E-state index < -0.39 is 47.6 Å². The number of halogens is 1. The summed E-state index contributed by atoms with van der Waals surface area (Å²) in [7, 11) is 2.36. The van der Waals surface area contributed by atoms with E-state index in [1.54, 1.807) is 13.0 Å². The molecular weight excluding hydrogens is 371 g/mol. The van der Waals surface area contributed by atoms with Crippen LogP contribution in [0.4, 0.5) is 4.39 Å². The van der Waals surface area contributed by atoms with E-state index in [0.29, 0.717) is 0 Å². The molecule has 9 heteroatoms. The molecule has 0 saturated carbocycles. The van der Waals surface area contributed by atoms with Crippen LogP contribution in [0.5, 0.6) is 0 Å². The Morgan fingerprint density at radius 2 is 1.71 bits per heavy atom. The number of benzene rings is 1. The first-order chi connectivity index (χ1) is 13.2. The third-order valence-corrected chi connectivity index (χ3v) is 4.11. The van der Waals surface area contributed by atoms with Crippen molar-refractivity contribution in [2.24, 2.45) is 5.92 Å². The summed E-state index contributed by atoms with van der Waals surface area (Å²) < 4.78 is 23.2. The van der Waals surface area contributed by atoms with E-state index in [2.05, 4.69) is 15.4 Å². The van der Waals surface area contributed by atoms with Gasteiger partial charge in [-0.15, -0.1) is 0 Å². The minimum atomic E-state index is -1.14. The van der Waals surface area contributed by atoms with E-state index in [4.69, 9.17) is 4.74 Å². The highest BCUT2D eigenvalue weighted by atomic mass is 19.1. The molecule has 0 unspecified atom stereocenters. The standard InChI is InChI=1S/C19H25FN2O6/c1-11(9-16(24)27-3)17(19(26)28-4)22-18(25)15(21-12(2)23)10-13-7-5-6-8-14(13)20/h5-8,11,15,17H,9-10H2,1-4H3,(H,21,23)(H,22,25)/t11-,15+,17-/m0/s1. The van der Waals surface area contributed by atoms with Gasteiger partial charge in [0.1, 0.15) is 17.9 Å². The van der Waals surface area contributed by atoms with Crippen molar-refractivity contribution in [3.63, 3.8) is 0 Å². The molecule has 1 aromatic rings. The number of esters is 2. The number of nitrogens with one attached hydrogen (secondary N) is 2. The van der Waals surface area contributed by atoms with Gasteiger partial charge in [-0.2, -0.15) is 0 Å². The summed E-state index contributed by atoms with van der Waals surface area (Å²) >= 11 is 0. The lowest BCUT2D eigenvalue weighted by Gasteiger charge is -2.25. The number of rotatable bonds is 9. The summed E-state index contributed by atoms with van der Waals surface area (Å²) in [5.41, 5.74) is 0.230. The van der Waals surface area contributed by atoms with E-state index in [1.165, 1.54) is 32.2 Å². The topological polar surface area (TPSA) is 111 Å². The predicted octanol–water partition coefficient (Wildman–Crippen LogP) is 0.730. The number of carbonyl (C=O) groups is 4. The summed E-state index contributed by atoms with van der Waals surface area (Å²) in [5, 5.41) is 4.93. The smallest absolute Gasteiger partial charge is 0.328 e. The van der Waals surface area contributed by atoms with Gasteiger partial charge in [0.2, 0.25) is 11.8 Å². The van der Waals surface area contributed by atoms with E-state index in [1.807, 2.05) is 0 Å².